The van der Waals surface area contributed by atoms with Gasteiger partial charge in [0.15, 0.2) is 0 Å². The van der Waals surface area contributed by atoms with Gasteiger partial charge in [0, 0.05) is 0 Å². The fourth-order valence-corrected chi connectivity index (χ4v) is 0.888. The van der Waals surface area contributed by atoms with Crippen LogP contribution in [0, 0.1) is 0 Å². The van der Waals surface area contributed by atoms with Crippen molar-refractivity contribution in [1.29, 1.82) is 0 Å². The van der Waals surface area contributed by atoms with Gasteiger partial charge < -0.3 is 5.11 Å². The number of rotatable bonds is 3. The summed E-state index contributed by atoms with van der Waals surface area (Å²) in [5.74, 6) is 0.285. The van der Waals surface area contributed by atoms with Crippen LogP contribution in [-0.2, 0) is 0 Å². The summed E-state index contributed by atoms with van der Waals surface area (Å²) < 4.78 is 0. The molecule has 0 radical (unpaired) electrons. The van der Waals surface area contributed by atoms with Gasteiger partial charge in [-0.25, -0.2) is 0 Å². The first-order chi connectivity index (χ1) is 5.49. The van der Waals surface area contributed by atoms with E-state index in [1.165, 1.54) is 11.1 Å². The summed E-state index contributed by atoms with van der Waals surface area (Å²) in [5.41, 5.74) is 3.13. The smallest absolute Gasteiger partial charge is 0.118 e. The highest BCUT2D eigenvalue weighted by molar-refractivity contribution is 5.31. The summed E-state index contributed by atoms with van der Waals surface area (Å²) >= 11 is 0. The molecule has 0 spiro atoms. The van der Waals surface area contributed by atoms with Crippen molar-refractivity contribution in [3.8, 4) is 0 Å². The molecule has 0 unspecified atom stereocenters. The highest BCUT2D eigenvalue weighted by atomic mass is 16.3. The van der Waals surface area contributed by atoms with E-state index in [9.17, 15) is 5.11 Å². The molecule has 0 aromatic rings. The van der Waals surface area contributed by atoms with E-state index in [1.807, 2.05) is 13.8 Å². The minimum Gasteiger partial charge on any atom is -0.508 e. The SMILES string of the molecule is C=C(C)/C(O)=C\C(CC)=C(C)C. The molecule has 1 N–H and O–H groups in total. The Bertz CT molecular complexity index is 227. The molecule has 0 aliphatic heterocycles. The second-order valence-corrected chi connectivity index (χ2v) is 3.19. The predicted molar refractivity (Wildman–Crippen MR) is 54.2 cm³/mol. The summed E-state index contributed by atoms with van der Waals surface area (Å²) in [5, 5.41) is 9.40. The lowest BCUT2D eigenvalue weighted by atomic mass is 10.1. The maximum atomic E-state index is 9.40. The second-order valence-electron chi connectivity index (χ2n) is 3.19. The van der Waals surface area contributed by atoms with Crippen LogP contribution in [0.25, 0.3) is 0 Å². The molecule has 0 fully saturated rings. The van der Waals surface area contributed by atoms with Crippen molar-refractivity contribution in [1.82, 2.24) is 0 Å². The van der Waals surface area contributed by atoms with Crippen LogP contribution in [0.4, 0.5) is 0 Å². The number of aliphatic hydroxyl groups excluding tert-OH is 1. The maximum absolute atomic E-state index is 9.40. The molecule has 0 amide bonds. The van der Waals surface area contributed by atoms with E-state index >= 15 is 0 Å². The molecular weight excluding hydrogens is 148 g/mol. The summed E-state index contributed by atoms with van der Waals surface area (Å²) in [7, 11) is 0. The molecule has 68 valence electrons. The van der Waals surface area contributed by atoms with Crippen molar-refractivity contribution < 1.29 is 5.11 Å². The van der Waals surface area contributed by atoms with Crippen molar-refractivity contribution in [2.24, 2.45) is 0 Å². The summed E-state index contributed by atoms with van der Waals surface area (Å²) in [6.07, 6.45) is 2.73. The molecule has 1 nitrogen and oxygen atoms in total. The van der Waals surface area contributed by atoms with Gasteiger partial charge in [-0.15, -0.1) is 0 Å². The lowest BCUT2D eigenvalue weighted by molar-refractivity contribution is 0.423. The Labute approximate surface area is 75.1 Å². The first-order valence-corrected chi connectivity index (χ1v) is 4.22. The van der Waals surface area contributed by atoms with Gasteiger partial charge in [-0.3, -0.25) is 0 Å². The van der Waals surface area contributed by atoms with Gasteiger partial charge in [-0.05, 0) is 44.4 Å². The van der Waals surface area contributed by atoms with E-state index in [0.717, 1.165) is 6.42 Å². The molecule has 1 heteroatoms. The normalized spacial score (nSPS) is 11.2. The third-order valence-electron chi connectivity index (χ3n) is 1.77. The average Bonchev–Trinajstić information content (AvgIpc) is 1.98. The predicted octanol–water partition coefficient (Wildman–Crippen LogP) is 3.75. The van der Waals surface area contributed by atoms with E-state index in [2.05, 4.69) is 13.5 Å². The molecule has 0 aliphatic rings. The molecule has 0 bridgehead atoms. The van der Waals surface area contributed by atoms with Crippen molar-refractivity contribution in [2.75, 3.05) is 0 Å². The van der Waals surface area contributed by atoms with Crippen LogP contribution in [0.3, 0.4) is 0 Å². The number of hydrogen-bond acceptors (Lipinski definition) is 1. The van der Waals surface area contributed by atoms with Crippen LogP contribution in [0.15, 0.2) is 35.1 Å². The molecule has 0 atom stereocenters. The van der Waals surface area contributed by atoms with Crippen molar-refractivity contribution in [3.63, 3.8) is 0 Å². The van der Waals surface area contributed by atoms with Crippen LogP contribution in [0.2, 0.25) is 0 Å². The van der Waals surface area contributed by atoms with E-state index < -0.39 is 0 Å². The van der Waals surface area contributed by atoms with Gasteiger partial charge in [0.05, 0.1) is 0 Å². The quantitative estimate of drug-likeness (QED) is 0.500. The molecule has 0 saturated heterocycles. The number of allylic oxidation sites excluding steroid dienone is 4. The van der Waals surface area contributed by atoms with Crippen LogP contribution >= 0.6 is 0 Å². The van der Waals surface area contributed by atoms with Crippen LogP contribution in [-0.4, -0.2) is 5.11 Å². The molecule has 12 heavy (non-hydrogen) atoms. The van der Waals surface area contributed by atoms with Crippen LogP contribution < -0.4 is 0 Å². The maximum Gasteiger partial charge on any atom is 0.118 e. The first kappa shape index (κ1) is 11.0. The average molecular weight is 166 g/mol. The lowest BCUT2D eigenvalue weighted by Gasteiger charge is -2.03. The monoisotopic (exact) mass is 166 g/mol. The van der Waals surface area contributed by atoms with Gasteiger partial charge in [0.25, 0.3) is 0 Å². The topological polar surface area (TPSA) is 20.2 Å². The van der Waals surface area contributed by atoms with Crippen LogP contribution in [0.5, 0.6) is 0 Å². The van der Waals surface area contributed by atoms with Crippen molar-refractivity contribution >= 4 is 0 Å². The standard InChI is InChI=1S/C11H18O/c1-6-10(8(2)3)7-11(12)9(4)5/h7,12H,4,6H2,1-3,5H3/b11-7+. The van der Waals surface area contributed by atoms with E-state index in [4.69, 9.17) is 0 Å². The zero-order valence-electron chi connectivity index (χ0n) is 8.44. The minimum atomic E-state index is 0.285. The summed E-state index contributed by atoms with van der Waals surface area (Å²) in [6, 6.07) is 0. The number of hydrogen-bond donors (Lipinski definition) is 1. The third-order valence-corrected chi connectivity index (χ3v) is 1.77. The molecular formula is C11H18O. The zero-order chi connectivity index (χ0) is 9.72. The molecule has 0 heterocycles. The Balaban J connectivity index is 4.72. The molecule has 0 saturated carbocycles. The Morgan fingerprint density at radius 1 is 1.33 bits per heavy atom. The van der Waals surface area contributed by atoms with Gasteiger partial charge >= 0.3 is 0 Å². The fraction of sp³-hybridized carbons (Fsp3) is 0.455. The molecule has 0 aromatic heterocycles. The summed E-state index contributed by atoms with van der Waals surface area (Å²) in [6.45, 7) is 11.6. The highest BCUT2D eigenvalue weighted by Crippen LogP contribution is 2.13. The zero-order valence-corrected chi connectivity index (χ0v) is 8.44. The number of aliphatic hydroxyl groups is 1. The van der Waals surface area contributed by atoms with E-state index in [-0.39, 0.29) is 5.76 Å². The van der Waals surface area contributed by atoms with Gasteiger partial charge in [0.1, 0.15) is 5.76 Å². The summed E-state index contributed by atoms with van der Waals surface area (Å²) in [4.78, 5) is 0. The Morgan fingerprint density at radius 3 is 2.08 bits per heavy atom. The lowest BCUT2D eigenvalue weighted by Crippen LogP contribution is -1.86. The highest BCUT2D eigenvalue weighted by Gasteiger charge is 1.97. The Morgan fingerprint density at radius 2 is 1.83 bits per heavy atom. The van der Waals surface area contributed by atoms with Gasteiger partial charge in [-0.2, -0.15) is 0 Å². The van der Waals surface area contributed by atoms with E-state index in [0.29, 0.717) is 5.57 Å². The minimum absolute atomic E-state index is 0.285. The first-order valence-electron chi connectivity index (χ1n) is 4.22. The second kappa shape index (κ2) is 4.81. The largest absolute Gasteiger partial charge is 0.508 e. The molecule has 0 aromatic carbocycles. The Hall–Kier alpha value is -0.980. The van der Waals surface area contributed by atoms with E-state index in [1.54, 1.807) is 13.0 Å². The van der Waals surface area contributed by atoms with Gasteiger partial charge in [0.2, 0.25) is 0 Å². The molecule has 0 rings (SSSR count). The molecule has 0 aliphatic carbocycles. The third kappa shape index (κ3) is 3.42. The fourth-order valence-electron chi connectivity index (χ4n) is 0.888. The van der Waals surface area contributed by atoms with Crippen molar-refractivity contribution in [2.45, 2.75) is 34.1 Å². The Kier molecular flexibility index (Phi) is 4.42. The van der Waals surface area contributed by atoms with Crippen LogP contribution in [0.1, 0.15) is 34.1 Å². The van der Waals surface area contributed by atoms with Crippen molar-refractivity contribution in [3.05, 3.63) is 35.1 Å². The van der Waals surface area contributed by atoms with Gasteiger partial charge in [-0.1, -0.05) is 19.1 Å².